The lowest BCUT2D eigenvalue weighted by Crippen LogP contribution is -2.24. The van der Waals surface area contributed by atoms with Gasteiger partial charge < -0.3 is 9.84 Å². The Hall–Kier alpha value is -1.84. The normalized spacial score (nSPS) is 15.2. The van der Waals surface area contributed by atoms with E-state index < -0.39 is 11.8 Å². The number of carbonyl (C=O) groups excluding carboxylic acids is 1. The Morgan fingerprint density at radius 3 is 2.62 bits per heavy atom. The minimum atomic E-state index is -1.44. The Bertz CT molecular complexity index is 421. The summed E-state index contributed by atoms with van der Waals surface area (Å²) in [5, 5.41) is 8.58. The number of carbonyl (C=O) groups is 2. The van der Waals surface area contributed by atoms with Gasteiger partial charge in [-0.05, 0) is 31.4 Å². The van der Waals surface area contributed by atoms with Crippen molar-refractivity contribution in [3.8, 4) is 5.75 Å². The molecule has 1 N–H and O–H groups in total. The summed E-state index contributed by atoms with van der Waals surface area (Å²) in [5.41, 5.74) is 0.157. The third-order valence-electron chi connectivity index (χ3n) is 2.65. The van der Waals surface area contributed by atoms with E-state index in [9.17, 15) is 9.59 Å². The van der Waals surface area contributed by atoms with Gasteiger partial charge in [-0.25, -0.2) is 4.79 Å². The van der Waals surface area contributed by atoms with Gasteiger partial charge in [-0.15, -0.1) is 0 Å². The van der Waals surface area contributed by atoms with Crippen LogP contribution in [-0.4, -0.2) is 23.0 Å². The Balaban J connectivity index is 2.12. The quantitative estimate of drug-likeness (QED) is 0.621. The summed E-state index contributed by atoms with van der Waals surface area (Å²) in [6.45, 7) is 0. The first-order chi connectivity index (χ1) is 7.66. The SMILES string of the molecule is O=C(O)C(=O)c1cccc(OC2CCC2)c1. The van der Waals surface area contributed by atoms with Crippen LogP contribution in [0.3, 0.4) is 0 Å². The zero-order valence-corrected chi connectivity index (χ0v) is 8.68. The minimum absolute atomic E-state index is 0.157. The van der Waals surface area contributed by atoms with E-state index in [2.05, 4.69) is 0 Å². The predicted molar refractivity (Wildman–Crippen MR) is 56.7 cm³/mol. The van der Waals surface area contributed by atoms with Gasteiger partial charge in [0.05, 0.1) is 6.10 Å². The maximum absolute atomic E-state index is 11.2. The van der Waals surface area contributed by atoms with Crippen molar-refractivity contribution in [2.45, 2.75) is 25.4 Å². The van der Waals surface area contributed by atoms with Crippen molar-refractivity contribution in [1.29, 1.82) is 0 Å². The van der Waals surface area contributed by atoms with Crippen molar-refractivity contribution in [1.82, 2.24) is 0 Å². The highest BCUT2D eigenvalue weighted by Crippen LogP contribution is 2.25. The number of Topliss-reactive ketones (excluding diaryl/α,β-unsaturated/α-hetero) is 1. The van der Waals surface area contributed by atoms with Crippen LogP contribution >= 0.6 is 0 Å². The second kappa shape index (κ2) is 4.35. The van der Waals surface area contributed by atoms with Gasteiger partial charge in [-0.2, -0.15) is 0 Å². The fraction of sp³-hybridized carbons (Fsp3) is 0.333. The number of ketones is 1. The number of benzene rings is 1. The van der Waals surface area contributed by atoms with Gasteiger partial charge in [0.25, 0.3) is 5.78 Å². The van der Waals surface area contributed by atoms with Crippen molar-refractivity contribution in [3.63, 3.8) is 0 Å². The molecular weight excluding hydrogens is 208 g/mol. The first kappa shape index (κ1) is 10.7. The van der Waals surface area contributed by atoms with Gasteiger partial charge in [-0.3, -0.25) is 4.79 Å². The molecule has 0 aromatic heterocycles. The summed E-state index contributed by atoms with van der Waals surface area (Å²) < 4.78 is 5.58. The van der Waals surface area contributed by atoms with Crippen LogP contribution in [0.2, 0.25) is 0 Å². The van der Waals surface area contributed by atoms with Crippen LogP contribution in [0.25, 0.3) is 0 Å². The molecule has 1 fully saturated rings. The second-order valence-corrected chi connectivity index (χ2v) is 3.83. The molecule has 0 unspecified atom stereocenters. The van der Waals surface area contributed by atoms with Crippen molar-refractivity contribution in [3.05, 3.63) is 29.8 Å². The van der Waals surface area contributed by atoms with Crippen LogP contribution in [-0.2, 0) is 4.79 Å². The van der Waals surface area contributed by atoms with Crippen LogP contribution in [0.5, 0.6) is 5.75 Å². The first-order valence-corrected chi connectivity index (χ1v) is 5.21. The highest BCUT2D eigenvalue weighted by molar-refractivity contribution is 6.39. The predicted octanol–water partition coefficient (Wildman–Crippen LogP) is 1.89. The molecule has 16 heavy (non-hydrogen) atoms. The van der Waals surface area contributed by atoms with Gasteiger partial charge >= 0.3 is 5.97 Å². The summed E-state index contributed by atoms with van der Waals surface area (Å²) >= 11 is 0. The lowest BCUT2D eigenvalue weighted by molar-refractivity contribution is -0.131. The summed E-state index contributed by atoms with van der Waals surface area (Å²) in [6, 6.07) is 6.32. The van der Waals surface area contributed by atoms with Crippen LogP contribution in [0.15, 0.2) is 24.3 Å². The Labute approximate surface area is 92.8 Å². The lowest BCUT2D eigenvalue weighted by Gasteiger charge is -2.26. The number of rotatable bonds is 4. The van der Waals surface area contributed by atoms with E-state index in [-0.39, 0.29) is 11.7 Å². The van der Waals surface area contributed by atoms with Crippen molar-refractivity contribution < 1.29 is 19.4 Å². The Kier molecular flexibility index (Phi) is 2.90. The average Bonchev–Trinajstić information content (AvgIpc) is 2.23. The van der Waals surface area contributed by atoms with E-state index >= 15 is 0 Å². The third kappa shape index (κ3) is 2.21. The van der Waals surface area contributed by atoms with E-state index in [1.54, 1.807) is 12.1 Å². The Morgan fingerprint density at radius 2 is 2.06 bits per heavy atom. The fourth-order valence-corrected chi connectivity index (χ4v) is 1.52. The molecule has 1 aliphatic rings. The highest BCUT2D eigenvalue weighted by atomic mass is 16.5. The molecule has 0 atom stereocenters. The Morgan fingerprint density at radius 1 is 1.31 bits per heavy atom. The topological polar surface area (TPSA) is 63.6 Å². The third-order valence-corrected chi connectivity index (χ3v) is 2.65. The number of aliphatic carboxylic acids is 1. The van der Waals surface area contributed by atoms with Crippen LogP contribution in [0.1, 0.15) is 29.6 Å². The average molecular weight is 220 g/mol. The number of carboxylic acids is 1. The molecule has 0 spiro atoms. The molecule has 0 aliphatic heterocycles. The summed E-state index contributed by atoms with van der Waals surface area (Å²) in [7, 11) is 0. The number of carboxylic acid groups (broad SMARTS) is 1. The smallest absolute Gasteiger partial charge is 0.377 e. The van der Waals surface area contributed by atoms with Crippen LogP contribution < -0.4 is 4.74 Å². The van der Waals surface area contributed by atoms with Gasteiger partial charge in [-0.1, -0.05) is 12.1 Å². The molecule has 1 aromatic rings. The molecule has 0 radical (unpaired) electrons. The number of hydrogen-bond acceptors (Lipinski definition) is 3. The standard InChI is InChI=1S/C12H12O4/c13-11(12(14)15)8-3-1-6-10(7-8)16-9-4-2-5-9/h1,3,6-7,9H,2,4-5H2,(H,14,15). The van der Waals surface area contributed by atoms with Crippen LogP contribution in [0, 0.1) is 0 Å². The first-order valence-electron chi connectivity index (χ1n) is 5.21. The van der Waals surface area contributed by atoms with Crippen LogP contribution in [0.4, 0.5) is 0 Å². The molecule has 1 saturated carbocycles. The van der Waals surface area contributed by atoms with Crippen molar-refractivity contribution >= 4 is 11.8 Å². The van der Waals surface area contributed by atoms with E-state index in [0.717, 1.165) is 12.8 Å². The van der Waals surface area contributed by atoms with Crippen molar-refractivity contribution in [2.75, 3.05) is 0 Å². The van der Waals surface area contributed by atoms with E-state index in [0.29, 0.717) is 5.75 Å². The molecule has 0 bridgehead atoms. The molecule has 2 rings (SSSR count). The second-order valence-electron chi connectivity index (χ2n) is 3.83. The monoisotopic (exact) mass is 220 g/mol. The van der Waals surface area contributed by atoms with Gasteiger partial charge in [0, 0.05) is 5.56 Å². The van der Waals surface area contributed by atoms with Crippen molar-refractivity contribution in [2.24, 2.45) is 0 Å². The maximum Gasteiger partial charge on any atom is 0.377 e. The van der Waals surface area contributed by atoms with E-state index in [4.69, 9.17) is 9.84 Å². The minimum Gasteiger partial charge on any atom is -0.490 e. The molecule has 1 aromatic carbocycles. The highest BCUT2D eigenvalue weighted by Gasteiger charge is 2.20. The number of hydrogen-bond donors (Lipinski definition) is 1. The number of ether oxygens (including phenoxy) is 1. The molecule has 4 nitrogen and oxygen atoms in total. The molecular formula is C12H12O4. The molecule has 0 heterocycles. The summed E-state index contributed by atoms with van der Waals surface area (Å²) in [5.74, 6) is -1.78. The van der Waals surface area contributed by atoms with E-state index in [1.807, 2.05) is 0 Å². The zero-order valence-electron chi connectivity index (χ0n) is 8.68. The van der Waals surface area contributed by atoms with Gasteiger partial charge in [0.2, 0.25) is 0 Å². The molecule has 4 heteroatoms. The van der Waals surface area contributed by atoms with E-state index in [1.165, 1.54) is 18.6 Å². The largest absolute Gasteiger partial charge is 0.490 e. The maximum atomic E-state index is 11.2. The van der Waals surface area contributed by atoms with Gasteiger partial charge in [0.15, 0.2) is 0 Å². The summed E-state index contributed by atoms with van der Waals surface area (Å²) in [6.07, 6.45) is 3.43. The summed E-state index contributed by atoms with van der Waals surface area (Å²) in [4.78, 5) is 21.7. The fourth-order valence-electron chi connectivity index (χ4n) is 1.52. The molecule has 1 aliphatic carbocycles. The van der Waals surface area contributed by atoms with Gasteiger partial charge in [0.1, 0.15) is 5.75 Å². The molecule has 0 saturated heterocycles. The molecule has 0 amide bonds. The zero-order chi connectivity index (χ0) is 11.5. The lowest BCUT2D eigenvalue weighted by atomic mass is 9.96. The molecule has 84 valence electrons.